The van der Waals surface area contributed by atoms with E-state index < -0.39 is 0 Å². The van der Waals surface area contributed by atoms with Crippen molar-refractivity contribution in [2.24, 2.45) is 11.8 Å². The van der Waals surface area contributed by atoms with Crippen molar-refractivity contribution < 1.29 is 0 Å². The van der Waals surface area contributed by atoms with Crippen molar-refractivity contribution in [2.45, 2.75) is 34.1 Å². The molecule has 0 aromatic heterocycles. The summed E-state index contributed by atoms with van der Waals surface area (Å²) in [5.41, 5.74) is 3.16. The average Bonchev–Trinajstić information content (AvgIpc) is 2.46. The highest BCUT2D eigenvalue weighted by atomic mass is 14.3. The molecule has 0 amide bonds. The Morgan fingerprint density at radius 3 is 1.92 bits per heavy atom. The van der Waals surface area contributed by atoms with Crippen LogP contribution in [0.15, 0.2) is 24.3 Å². The molecule has 0 spiro atoms. The van der Waals surface area contributed by atoms with E-state index in [9.17, 15) is 0 Å². The van der Waals surface area contributed by atoms with E-state index in [2.05, 4.69) is 38.1 Å². The molecular weight excluding hydrogens is 156 g/mol. The minimum atomic E-state index is 0. The van der Waals surface area contributed by atoms with E-state index >= 15 is 0 Å². The van der Waals surface area contributed by atoms with Gasteiger partial charge in [0.15, 0.2) is 0 Å². The summed E-state index contributed by atoms with van der Waals surface area (Å²) in [5, 5.41) is 0. The molecule has 0 saturated carbocycles. The Bertz CT molecular complexity index is 248. The first-order chi connectivity index (χ1) is 5.77. The molecule has 0 atom stereocenters. The molecule has 2 rings (SSSR count). The van der Waals surface area contributed by atoms with E-state index in [4.69, 9.17) is 0 Å². The van der Waals surface area contributed by atoms with Crippen molar-refractivity contribution in [3.63, 3.8) is 0 Å². The van der Waals surface area contributed by atoms with Crippen LogP contribution in [-0.4, -0.2) is 0 Å². The molecule has 0 fully saturated rings. The zero-order valence-corrected chi connectivity index (χ0v) is 7.88. The molecule has 1 aromatic rings. The van der Waals surface area contributed by atoms with Crippen molar-refractivity contribution in [2.75, 3.05) is 0 Å². The highest BCUT2D eigenvalue weighted by Gasteiger charge is 2.22. The highest BCUT2D eigenvalue weighted by molar-refractivity contribution is 5.32. The maximum absolute atomic E-state index is 2.33. The molecule has 0 bridgehead atoms. The third-order valence-electron chi connectivity index (χ3n) is 3.03. The van der Waals surface area contributed by atoms with E-state index in [1.54, 1.807) is 11.1 Å². The van der Waals surface area contributed by atoms with Crippen molar-refractivity contribution >= 4 is 0 Å². The van der Waals surface area contributed by atoms with Gasteiger partial charge in [0.1, 0.15) is 0 Å². The van der Waals surface area contributed by atoms with Crippen LogP contribution in [0.2, 0.25) is 0 Å². The average molecular weight is 176 g/mol. The predicted octanol–water partition coefficient (Wildman–Crippen LogP) is 3.69. The summed E-state index contributed by atoms with van der Waals surface area (Å²) in [6.07, 6.45) is 2.60. The van der Waals surface area contributed by atoms with Crippen molar-refractivity contribution in [3.8, 4) is 0 Å². The summed E-state index contributed by atoms with van der Waals surface area (Å²) in [5.74, 6) is 1.72. The number of fused-ring (bicyclic) bond motifs is 1. The van der Waals surface area contributed by atoms with Crippen molar-refractivity contribution in [1.82, 2.24) is 0 Å². The van der Waals surface area contributed by atoms with Crippen LogP contribution in [0.5, 0.6) is 0 Å². The number of rotatable bonds is 1. The summed E-state index contributed by atoms with van der Waals surface area (Å²) in [6.45, 7) is 4.66. The molecule has 0 radical (unpaired) electrons. The van der Waals surface area contributed by atoms with Gasteiger partial charge in [0, 0.05) is 0 Å². The lowest BCUT2D eigenvalue weighted by atomic mass is 9.93. The second-order valence-electron chi connectivity index (χ2n) is 4.18. The summed E-state index contributed by atoms with van der Waals surface area (Å²) < 4.78 is 0. The van der Waals surface area contributed by atoms with Gasteiger partial charge in [-0.05, 0) is 35.8 Å². The van der Waals surface area contributed by atoms with Gasteiger partial charge in [-0.2, -0.15) is 0 Å². The quantitative estimate of drug-likeness (QED) is 0.612. The molecule has 0 N–H and O–H groups in total. The highest BCUT2D eigenvalue weighted by Crippen LogP contribution is 2.30. The molecule has 0 aliphatic heterocycles. The van der Waals surface area contributed by atoms with Gasteiger partial charge in [-0.15, -0.1) is 0 Å². The van der Waals surface area contributed by atoms with Crippen LogP contribution in [0.3, 0.4) is 0 Å². The Kier molecular flexibility index (Phi) is 3.13. The minimum absolute atomic E-state index is 0. The molecule has 0 saturated heterocycles. The lowest BCUT2D eigenvalue weighted by molar-refractivity contribution is 0.404. The fourth-order valence-corrected chi connectivity index (χ4v) is 2.06. The molecule has 1 aromatic carbocycles. The van der Waals surface area contributed by atoms with E-state index in [1.165, 1.54) is 12.8 Å². The zero-order valence-electron chi connectivity index (χ0n) is 7.88. The molecule has 1 aliphatic rings. The number of benzene rings is 1. The zero-order chi connectivity index (χ0) is 8.55. The fourth-order valence-electron chi connectivity index (χ4n) is 2.06. The van der Waals surface area contributed by atoms with Gasteiger partial charge < -0.3 is 0 Å². The van der Waals surface area contributed by atoms with Gasteiger partial charge in [-0.25, -0.2) is 0 Å². The molecule has 0 unspecified atom stereocenters. The van der Waals surface area contributed by atoms with Gasteiger partial charge in [-0.3, -0.25) is 0 Å². The third-order valence-corrected chi connectivity index (χ3v) is 3.03. The Morgan fingerprint density at radius 2 is 1.54 bits per heavy atom. The smallest absolute Gasteiger partial charge is 0.0242 e. The van der Waals surface area contributed by atoms with Crippen molar-refractivity contribution in [3.05, 3.63) is 35.4 Å². The predicted molar refractivity (Wildman–Crippen MR) is 58.9 cm³/mol. The molecule has 1 aliphatic carbocycles. The normalized spacial score (nSPS) is 15.6. The maximum Gasteiger partial charge on any atom is -0.0242 e. The SMILES string of the molecule is C.CC(C)C1Cc2ccccc2C1. The first-order valence-electron chi connectivity index (χ1n) is 4.84. The molecule has 72 valence electrons. The van der Waals surface area contributed by atoms with Crippen LogP contribution in [0, 0.1) is 11.8 Å². The molecule has 0 nitrogen and oxygen atoms in total. The largest absolute Gasteiger partial charge is 0.0776 e. The lowest BCUT2D eigenvalue weighted by Crippen LogP contribution is -2.07. The van der Waals surface area contributed by atoms with E-state index in [0.29, 0.717) is 0 Å². The molecule has 13 heavy (non-hydrogen) atoms. The second kappa shape index (κ2) is 3.95. The molecule has 0 heterocycles. The Morgan fingerprint density at radius 1 is 1.08 bits per heavy atom. The molecular formula is C13H20. The Balaban J connectivity index is 0.000000845. The van der Waals surface area contributed by atoms with E-state index in [0.717, 1.165) is 11.8 Å². The standard InChI is InChI=1S/C12H16.CH4/c1-9(2)12-7-10-5-3-4-6-11(10)8-12;/h3-6,9,12H,7-8H2,1-2H3;1H4. The Hall–Kier alpha value is -0.780. The summed E-state index contributed by atoms with van der Waals surface area (Å²) in [7, 11) is 0. The summed E-state index contributed by atoms with van der Waals surface area (Å²) in [6, 6.07) is 8.86. The molecule has 0 heteroatoms. The number of hydrogen-bond donors (Lipinski definition) is 0. The summed E-state index contributed by atoms with van der Waals surface area (Å²) in [4.78, 5) is 0. The van der Waals surface area contributed by atoms with E-state index in [1.807, 2.05) is 0 Å². The van der Waals surface area contributed by atoms with Crippen LogP contribution in [0.4, 0.5) is 0 Å². The van der Waals surface area contributed by atoms with Crippen molar-refractivity contribution in [1.29, 1.82) is 0 Å². The first kappa shape index (κ1) is 10.3. The third kappa shape index (κ3) is 1.93. The maximum atomic E-state index is 2.33. The van der Waals surface area contributed by atoms with Gasteiger partial charge in [0.05, 0.1) is 0 Å². The topological polar surface area (TPSA) is 0 Å². The van der Waals surface area contributed by atoms with Crippen LogP contribution in [-0.2, 0) is 12.8 Å². The van der Waals surface area contributed by atoms with Gasteiger partial charge in [-0.1, -0.05) is 45.5 Å². The van der Waals surface area contributed by atoms with Crippen LogP contribution in [0.1, 0.15) is 32.4 Å². The van der Waals surface area contributed by atoms with Gasteiger partial charge in [0.25, 0.3) is 0 Å². The number of hydrogen-bond acceptors (Lipinski definition) is 0. The van der Waals surface area contributed by atoms with Crippen LogP contribution in [0.25, 0.3) is 0 Å². The van der Waals surface area contributed by atoms with E-state index in [-0.39, 0.29) is 7.43 Å². The van der Waals surface area contributed by atoms with Gasteiger partial charge >= 0.3 is 0 Å². The second-order valence-corrected chi connectivity index (χ2v) is 4.18. The minimum Gasteiger partial charge on any atom is -0.0776 e. The van der Waals surface area contributed by atoms with Gasteiger partial charge in [0.2, 0.25) is 0 Å². The lowest BCUT2D eigenvalue weighted by Gasteiger charge is -2.12. The van der Waals surface area contributed by atoms with Crippen LogP contribution < -0.4 is 0 Å². The summed E-state index contributed by atoms with van der Waals surface area (Å²) >= 11 is 0. The van der Waals surface area contributed by atoms with Crippen LogP contribution >= 0.6 is 0 Å². The fraction of sp³-hybridized carbons (Fsp3) is 0.538. The Labute approximate surface area is 82.0 Å². The first-order valence-corrected chi connectivity index (χ1v) is 4.84. The monoisotopic (exact) mass is 176 g/mol.